The first-order valence-corrected chi connectivity index (χ1v) is 3.28. The lowest BCUT2D eigenvalue weighted by atomic mass is 10.4. The van der Waals surface area contributed by atoms with Crippen molar-refractivity contribution in [3.05, 3.63) is 21.6 Å². The van der Waals surface area contributed by atoms with E-state index in [1.54, 1.807) is 6.07 Å². The van der Waals surface area contributed by atoms with Crippen molar-refractivity contribution in [2.75, 3.05) is 5.73 Å². The van der Waals surface area contributed by atoms with Crippen LogP contribution in [0.5, 0.6) is 0 Å². The SMILES string of the molecule is Nc1nc(Br)ccc1N=O. The molecule has 1 heterocycles. The van der Waals surface area contributed by atoms with Crippen LogP contribution in [0.4, 0.5) is 11.5 Å². The molecule has 1 aromatic heterocycles. The van der Waals surface area contributed by atoms with E-state index >= 15 is 0 Å². The Morgan fingerprint density at radius 2 is 2.30 bits per heavy atom. The van der Waals surface area contributed by atoms with Gasteiger partial charge in [-0.1, -0.05) is 0 Å². The summed E-state index contributed by atoms with van der Waals surface area (Å²) in [6.07, 6.45) is 0. The maximum absolute atomic E-state index is 9.95. The lowest BCUT2D eigenvalue weighted by Gasteiger charge is -1.93. The Labute approximate surface area is 65.6 Å². The van der Waals surface area contributed by atoms with Gasteiger partial charge in [0.1, 0.15) is 10.3 Å². The number of anilines is 1. The number of aromatic nitrogens is 1. The van der Waals surface area contributed by atoms with Gasteiger partial charge in [0.05, 0.1) is 0 Å². The van der Waals surface area contributed by atoms with Crippen LogP contribution in [0.15, 0.2) is 21.9 Å². The molecule has 0 saturated carbocycles. The van der Waals surface area contributed by atoms with Gasteiger partial charge in [-0.3, -0.25) is 0 Å². The summed E-state index contributed by atoms with van der Waals surface area (Å²) >= 11 is 3.09. The van der Waals surface area contributed by atoms with Crippen molar-refractivity contribution >= 4 is 27.4 Å². The molecule has 0 atom stereocenters. The molecule has 0 spiro atoms. The van der Waals surface area contributed by atoms with Gasteiger partial charge in [-0.15, -0.1) is 4.91 Å². The van der Waals surface area contributed by atoms with Gasteiger partial charge in [-0.2, -0.15) is 0 Å². The first-order chi connectivity index (χ1) is 4.74. The largest absolute Gasteiger partial charge is 0.382 e. The fourth-order valence-corrected chi connectivity index (χ4v) is 0.843. The lowest BCUT2D eigenvalue weighted by molar-refractivity contribution is 1.27. The van der Waals surface area contributed by atoms with E-state index in [2.05, 4.69) is 26.1 Å². The van der Waals surface area contributed by atoms with Gasteiger partial charge in [-0.05, 0) is 33.2 Å². The molecule has 52 valence electrons. The molecule has 0 aliphatic rings. The van der Waals surface area contributed by atoms with E-state index < -0.39 is 0 Å². The summed E-state index contributed by atoms with van der Waals surface area (Å²) in [6.45, 7) is 0. The Balaban J connectivity index is 3.19. The topological polar surface area (TPSA) is 68.3 Å². The fraction of sp³-hybridized carbons (Fsp3) is 0. The summed E-state index contributed by atoms with van der Waals surface area (Å²) in [7, 11) is 0. The second-order valence-corrected chi connectivity index (χ2v) is 2.44. The second kappa shape index (κ2) is 2.74. The molecular weight excluding hydrogens is 198 g/mol. The van der Waals surface area contributed by atoms with Gasteiger partial charge in [0.2, 0.25) is 0 Å². The van der Waals surface area contributed by atoms with Crippen LogP contribution in [-0.4, -0.2) is 4.98 Å². The van der Waals surface area contributed by atoms with E-state index in [4.69, 9.17) is 5.73 Å². The predicted molar refractivity (Wildman–Crippen MR) is 41.8 cm³/mol. The van der Waals surface area contributed by atoms with Gasteiger partial charge < -0.3 is 5.73 Å². The minimum Gasteiger partial charge on any atom is -0.382 e. The van der Waals surface area contributed by atoms with Crippen molar-refractivity contribution in [1.82, 2.24) is 4.98 Å². The number of nitrogens with two attached hydrogens (primary N) is 1. The number of halogens is 1. The first-order valence-electron chi connectivity index (χ1n) is 2.49. The minimum absolute atomic E-state index is 0.143. The predicted octanol–water partition coefficient (Wildman–Crippen LogP) is 1.82. The second-order valence-electron chi connectivity index (χ2n) is 1.63. The molecule has 0 aliphatic heterocycles. The number of hydrogen-bond acceptors (Lipinski definition) is 4. The Bertz CT molecular complexity index is 263. The maximum atomic E-state index is 9.95. The zero-order valence-corrected chi connectivity index (χ0v) is 6.50. The van der Waals surface area contributed by atoms with E-state index in [9.17, 15) is 4.91 Å². The van der Waals surface area contributed by atoms with Crippen LogP contribution in [-0.2, 0) is 0 Å². The molecule has 0 saturated heterocycles. The highest BCUT2D eigenvalue weighted by molar-refractivity contribution is 9.10. The summed E-state index contributed by atoms with van der Waals surface area (Å²) in [4.78, 5) is 13.7. The van der Waals surface area contributed by atoms with E-state index in [0.29, 0.717) is 4.60 Å². The summed E-state index contributed by atoms with van der Waals surface area (Å²) in [5, 5.41) is 2.65. The van der Waals surface area contributed by atoms with Crippen LogP contribution in [0.1, 0.15) is 0 Å². The van der Waals surface area contributed by atoms with E-state index in [1.807, 2.05) is 0 Å². The summed E-state index contributed by atoms with van der Waals surface area (Å²) in [6, 6.07) is 3.10. The van der Waals surface area contributed by atoms with Crippen molar-refractivity contribution < 1.29 is 0 Å². The molecule has 0 bridgehead atoms. The molecule has 0 radical (unpaired) electrons. The summed E-state index contributed by atoms with van der Waals surface area (Å²) in [5.41, 5.74) is 5.47. The molecule has 1 rings (SSSR count). The zero-order chi connectivity index (χ0) is 7.56. The number of nitroso groups, excluding NO2 is 1. The van der Waals surface area contributed by atoms with Gasteiger partial charge in [0, 0.05) is 0 Å². The molecule has 0 aliphatic carbocycles. The van der Waals surface area contributed by atoms with Crippen molar-refractivity contribution in [1.29, 1.82) is 0 Å². The highest BCUT2D eigenvalue weighted by Crippen LogP contribution is 2.20. The highest BCUT2D eigenvalue weighted by atomic mass is 79.9. The van der Waals surface area contributed by atoms with Crippen molar-refractivity contribution in [3.63, 3.8) is 0 Å². The normalized spacial score (nSPS) is 9.30. The molecule has 4 nitrogen and oxygen atoms in total. The van der Waals surface area contributed by atoms with E-state index in [0.717, 1.165) is 0 Å². The van der Waals surface area contributed by atoms with Crippen LogP contribution in [0.3, 0.4) is 0 Å². The van der Waals surface area contributed by atoms with Crippen molar-refractivity contribution in [3.8, 4) is 0 Å². The monoisotopic (exact) mass is 201 g/mol. The average Bonchev–Trinajstić information content (AvgIpc) is 1.88. The average molecular weight is 202 g/mol. The number of nitrogens with zero attached hydrogens (tertiary/aromatic N) is 2. The summed E-state index contributed by atoms with van der Waals surface area (Å²) in [5.74, 6) is 0.143. The summed E-state index contributed by atoms with van der Waals surface area (Å²) < 4.78 is 0.595. The lowest BCUT2D eigenvalue weighted by Crippen LogP contribution is -1.89. The third kappa shape index (κ3) is 1.30. The maximum Gasteiger partial charge on any atom is 0.154 e. The number of nitrogen functional groups attached to an aromatic ring is 1. The van der Waals surface area contributed by atoms with Crippen LogP contribution < -0.4 is 5.73 Å². The highest BCUT2D eigenvalue weighted by Gasteiger charge is 1.98. The third-order valence-corrected chi connectivity index (χ3v) is 1.41. The molecule has 10 heavy (non-hydrogen) atoms. The van der Waals surface area contributed by atoms with Crippen LogP contribution in [0.25, 0.3) is 0 Å². The van der Waals surface area contributed by atoms with Gasteiger partial charge >= 0.3 is 0 Å². The Morgan fingerprint density at radius 3 is 2.80 bits per heavy atom. The molecule has 2 N–H and O–H groups in total. The molecule has 5 heteroatoms. The zero-order valence-electron chi connectivity index (χ0n) is 4.91. The molecule has 1 aromatic rings. The van der Waals surface area contributed by atoms with Gasteiger partial charge in [0.25, 0.3) is 0 Å². The van der Waals surface area contributed by atoms with E-state index in [-0.39, 0.29) is 11.5 Å². The van der Waals surface area contributed by atoms with Crippen molar-refractivity contribution in [2.45, 2.75) is 0 Å². The third-order valence-electron chi connectivity index (χ3n) is 0.967. The standard InChI is InChI=1S/C5H4BrN3O/c6-4-2-1-3(9-10)5(7)8-4/h1-2H,(H2,7,8). The van der Waals surface area contributed by atoms with Crippen molar-refractivity contribution in [2.24, 2.45) is 5.18 Å². The molecule has 0 unspecified atom stereocenters. The number of rotatable bonds is 1. The van der Waals surface area contributed by atoms with Crippen LogP contribution in [0.2, 0.25) is 0 Å². The quantitative estimate of drug-likeness (QED) is 0.557. The fourth-order valence-electron chi connectivity index (χ4n) is 0.520. The van der Waals surface area contributed by atoms with E-state index in [1.165, 1.54) is 6.07 Å². The first kappa shape index (κ1) is 7.14. The number of hydrogen-bond donors (Lipinski definition) is 1. The Kier molecular flexibility index (Phi) is 1.96. The van der Waals surface area contributed by atoms with Crippen LogP contribution in [0, 0.1) is 4.91 Å². The minimum atomic E-state index is 0.143. The number of pyridine rings is 1. The van der Waals surface area contributed by atoms with Gasteiger partial charge in [0.15, 0.2) is 5.82 Å². The molecule has 0 amide bonds. The van der Waals surface area contributed by atoms with Gasteiger partial charge in [-0.25, -0.2) is 4.98 Å². The Hall–Kier alpha value is -0.970. The Morgan fingerprint density at radius 1 is 1.60 bits per heavy atom. The molecular formula is C5H4BrN3O. The van der Waals surface area contributed by atoms with Crippen LogP contribution >= 0.6 is 15.9 Å². The smallest absolute Gasteiger partial charge is 0.154 e. The molecule has 0 aromatic carbocycles. The molecule has 0 fully saturated rings.